The van der Waals surface area contributed by atoms with Crippen LogP contribution in [-0.4, -0.2) is 48.4 Å². The molecule has 7 nitrogen and oxygen atoms in total. The van der Waals surface area contributed by atoms with E-state index in [0.29, 0.717) is 16.6 Å². The van der Waals surface area contributed by atoms with Gasteiger partial charge in [0, 0.05) is 20.6 Å². The van der Waals surface area contributed by atoms with Crippen LogP contribution in [-0.2, 0) is 4.79 Å². The van der Waals surface area contributed by atoms with Gasteiger partial charge in [-0.05, 0) is 13.8 Å². The van der Waals surface area contributed by atoms with Crippen LogP contribution in [0.4, 0.5) is 10.9 Å². The van der Waals surface area contributed by atoms with Crippen LogP contribution in [0.1, 0.15) is 23.5 Å². The summed E-state index contributed by atoms with van der Waals surface area (Å²) in [6.45, 7) is 4.10. The Morgan fingerprint density at radius 2 is 2.16 bits per heavy atom. The van der Waals surface area contributed by atoms with E-state index in [2.05, 4.69) is 15.6 Å². The number of nitrogens with zero attached hydrogens (tertiary/aromatic N) is 2. The third kappa shape index (κ3) is 3.57. The minimum atomic E-state index is -0.600. The van der Waals surface area contributed by atoms with Crippen molar-refractivity contribution in [2.45, 2.75) is 19.9 Å². The molecule has 19 heavy (non-hydrogen) atoms. The summed E-state index contributed by atoms with van der Waals surface area (Å²) >= 11 is 1.15. The predicted molar refractivity (Wildman–Crippen MR) is 76.3 cm³/mol. The molecule has 0 bridgehead atoms. The molecular formula is C11H19N5O2S. The van der Waals surface area contributed by atoms with Crippen LogP contribution in [0, 0.1) is 0 Å². The van der Waals surface area contributed by atoms with E-state index < -0.39 is 6.04 Å². The number of nitrogens with two attached hydrogens (primary N) is 1. The van der Waals surface area contributed by atoms with Gasteiger partial charge in [0.15, 0.2) is 5.13 Å². The molecule has 1 unspecified atom stereocenters. The average molecular weight is 285 g/mol. The van der Waals surface area contributed by atoms with Crippen LogP contribution in [0.15, 0.2) is 0 Å². The zero-order chi connectivity index (χ0) is 14.6. The predicted octanol–water partition coefficient (Wildman–Crippen LogP) is 0.364. The Labute approximate surface area is 116 Å². The topological polar surface area (TPSA) is 100 Å². The Morgan fingerprint density at radius 3 is 2.63 bits per heavy atom. The molecule has 8 heteroatoms. The molecule has 1 heterocycles. The molecule has 2 amide bonds. The zero-order valence-corrected chi connectivity index (χ0v) is 12.3. The van der Waals surface area contributed by atoms with E-state index in [1.54, 1.807) is 25.9 Å². The Hall–Kier alpha value is -1.83. The van der Waals surface area contributed by atoms with Gasteiger partial charge in [0.05, 0.1) is 0 Å². The number of amides is 2. The molecular weight excluding hydrogens is 266 g/mol. The number of hydrogen-bond donors (Lipinski definition) is 3. The molecule has 4 N–H and O–H groups in total. The van der Waals surface area contributed by atoms with E-state index in [1.165, 1.54) is 0 Å². The number of likely N-dealkylation sites (N-methyl/N-ethyl adjacent to an activating group) is 1. The average Bonchev–Trinajstić information content (AvgIpc) is 2.78. The summed E-state index contributed by atoms with van der Waals surface area (Å²) in [6.07, 6.45) is 0. The van der Waals surface area contributed by atoms with Crippen molar-refractivity contribution in [3.05, 3.63) is 4.88 Å². The van der Waals surface area contributed by atoms with Crippen LogP contribution in [0.2, 0.25) is 0 Å². The van der Waals surface area contributed by atoms with Crippen molar-refractivity contribution in [2.75, 3.05) is 31.7 Å². The van der Waals surface area contributed by atoms with Gasteiger partial charge >= 0.3 is 0 Å². The van der Waals surface area contributed by atoms with Crippen LogP contribution in [0.3, 0.4) is 0 Å². The molecule has 0 saturated carbocycles. The Kier molecular flexibility index (Phi) is 5.11. The van der Waals surface area contributed by atoms with Gasteiger partial charge in [-0.2, -0.15) is 0 Å². The Balaban J connectivity index is 2.74. The Bertz CT molecular complexity index is 474. The van der Waals surface area contributed by atoms with Gasteiger partial charge in [-0.25, -0.2) is 4.98 Å². The molecule has 0 fully saturated rings. The molecule has 1 aromatic heterocycles. The lowest BCUT2D eigenvalue weighted by molar-refractivity contribution is -0.131. The summed E-state index contributed by atoms with van der Waals surface area (Å²) in [7, 11) is 3.38. The van der Waals surface area contributed by atoms with Crippen molar-refractivity contribution in [2.24, 2.45) is 0 Å². The highest BCUT2D eigenvalue weighted by Gasteiger charge is 2.22. The fourth-order valence-electron chi connectivity index (χ4n) is 1.41. The molecule has 0 saturated heterocycles. The quantitative estimate of drug-likeness (QED) is 0.725. The molecule has 1 rings (SSSR count). The first-order valence-corrected chi connectivity index (χ1v) is 6.72. The van der Waals surface area contributed by atoms with Gasteiger partial charge in [0.2, 0.25) is 5.91 Å². The third-order valence-corrected chi connectivity index (χ3v) is 3.73. The second-order valence-electron chi connectivity index (χ2n) is 4.03. The molecule has 106 valence electrons. The summed E-state index contributed by atoms with van der Waals surface area (Å²) in [5.41, 5.74) is 5.66. The summed E-state index contributed by atoms with van der Waals surface area (Å²) in [5.74, 6) is -0.370. The second kappa shape index (κ2) is 6.37. The summed E-state index contributed by atoms with van der Waals surface area (Å²) < 4.78 is 0. The van der Waals surface area contributed by atoms with E-state index in [1.807, 2.05) is 6.92 Å². The number of nitrogen functional groups attached to an aromatic ring is 1. The maximum absolute atomic E-state index is 12.0. The Morgan fingerprint density at radius 1 is 1.53 bits per heavy atom. The second-order valence-corrected chi connectivity index (χ2v) is 5.03. The fraction of sp³-hybridized carbons (Fsp3) is 0.545. The van der Waals surface area contributed by atoms with Crippen molar-refractivity contribution in [1.29, 1.82) is 0 Å². The SMILES string of the molecule is CCN(C)C(=O)C(C)NC(=O)c1sc(NC)nc1N. The van der Waals surface area contributed by atoms with E-state index in [-0.39, 0.29) is 17.6 Å². The lowest BCUT2D eigenvalue weighted by Crippen LogP contribution is -2.45. The largest absolute Gasteiger partial charge is 0.382 e. The molecule has 1 aromatic rings. The van der Waals surface area contributed by atoms with Crippen molar-refractivity contribution < 1.29 is 9.59 Å². The molecule has 0 spiro atoms. The summed E-state index contributed by atoms with van der Waals surface area (Å²) in [6, 6.07) is -0.600. The van der Waals surface area contributed by atoms with Gasteiger partial charge in [-0.3, -0.25) is 9.59 Å². The number of anilines is 2. The minimum absolute atomic E-state index is 0.146. The van der Waals surface area contributed by atoms with E-state index in [4.69, 9.17) is 5.73 Å². The van der Waals surface area contributed by atoms with Crippen molar-refractivity contribution in [3.8, 4) is 0 Å². The van der Waals surface area contributed by atoms with Crippen LogP contribution in [0.25, 0.3) is 0 Å². The van der Waals surface area contributed by atoms with Crippen molar-refractivity contribution in [1.82, 2.24) is 15.2 Å². The standard InChI is InChI=1S/C11H19N5O2S/c1-5-16(4)10(18)6(2)14-9(17)7-8(12)15-11(13-3)19-7/h6H,5,12H2,1-4H3,(H,13,15)(H,14,17). The number of thiazole rings is 1. The van der Waals surface area contributed by atoms with E-state index >= 15 is 0 Å². The third-order valence-electron chi connectivity index (χ3n) is 2.64. The van der Waals surface area contributed by atoms with E-state index in [9.17, 15) is 9.59 Å². The highest BCUT2D eigenvalue weighted by atomic mass is 32.1. The number of carbonyl (C=O) groups is 2. The van der Waals surface area contributed by atoms with Crippen LogP contribution < -0.4 is 16.4 Å². The van der Waals surface area contributed by atoms with Gasteiger partial charge < -0.3 is 21.3 Å². The number of rotatable bonds is 5. The smallest absolute Gasteiger partial charge is 0.265 e. The number of aromatic nitrogens is 1. The van der Waals surface area contributed by atoms with Gasteiger partial charge in [0.1, 0.15) is 16.7 Å². The van der Waals surface area contributed by atoms with Crippen LogP contribution in [0.5, 0.6) is 0 Å². The molecule has 0 aliphatic rings. The van der Waals surface area contributed by atoms with Crippen molar-refractivity contribution in [3.63, 3.8) is 0 Å². The van der Waals surface area contributed by atoms with Crippen LogP contribution >= 0.6 is 11.3 Å². The van der Waals surface area contributed by atoms with Gasteiger partial charge in [-0.1, -0.05) is 11.3 Å². The lowest BCUT2D eigenvalue weighted by atomic mass is 10.3. The monoisotopic (exact) mass is 285 g/mol. The van der Waals surface area contributed by atoms with Gasteiger partial charge in [-0.15, -0.1) is 0 Å². The lowest BCUT2D eigenvalue weighted by Gasteiger charge is -2.20. The first-order valence-electron chi connectivity index (χ1n) is 5.90. The molecule has 0 radical (unpaired) electrons. The highest BCUT2D eigenvalue weighted by molar-refractivity contribution is 7.18. The normalized spacial score (nSPS) is 11.8. The summed E-state index contributed by atoms with van der Waals surface area (Å²) in [4.78, 5) is 29.7. The van der Waals surface area contributed by atoms with Gasteiger partial charge in [0.25, 0.3) is 5.91 Å². The molecule has 1 atom stereocenters. The fourth-order valence-corrected chi connectivity index (χ4v) is 2.15. The molecule has 0 aromatic carbocycles. The van der Waals surface area contributed by atoms with E-state index in [0.717, 1.165) is 11.3 Å². The summed E-state index contributed by atoms with van der Waals surface area (Å²) in [5, 5.41) is 6.00. The molecule has 0 aliphatic heterocycles. The number of carbonyl (C=O) groups excluding carboxylic acids is 2. The maximum atomic E-state index is 12.0. The first-order chi connectivity index (χ1) is 8.90. The minimum Gasteiger partial charge on any atom is -0.382 e. The highest BCUT2D eigenvalue weighted by Crippen LogP contribution is 2.24. The van der Waals surface area contributed by atoms with Crippen molar-refractivity contribution >= 4 is 34.1 Å². The molecule has 0 aliphatic carbocycles. The number of hydrogen-bond acceptors (Lipinski definition) is 6. The number of nitrogens with one attached hydrogen (secondary N) is 2. The zero-order valence-electron chi connectivity index (χ0n) is 11.5. The maximum Gasteiger partial charge on any atom is 0.265 e. The first kappa shape index (κ1) is 15.2.